The van der Waals surface area contributed by atoms with E-state index in [1.54, 1.807) is 0 Å². The number of aryl methyl sites for hydroxylation is 1. The van der Waals surface area contributed by atoms with Crippen molar-refractivity contribution in [3.05, 3.63) is 35.7 Å². The van der Waals surface area contributed by atoms with Crippen LogP contribution in [0.1, 0.15) is 43.5 Å². The topological polar surface area (TPSA) is 77.2 Å². The van der Waals surface area contributed by atoms with Gasteiger partial charge in [-0.25, -0.2) is 4.98 Å². The van der Waals surface area contributed by atoms with Gasteiger partial charge in [-0.2, -0.15) is 5.10 Å². The van der Waals surface area contributed by atoms with Gasteiger partial charge >= 0.3 is 0 Å². The maximum absolute atomic E-state index is 11.5. The molecule has 1 aliphatic heterocycles. The molecule has 0 saturated heterocycles. The second kappa shape index (κ2) is 8.46. The van der Waals surface area contributed by atoms with Gasteiger partial charge in [-0.3, -0.25) is 14.4 Å². The smallest absolute Gasteiger partial charge is 0.246 e. The number of carbonyl (C=O) groups excluding carboxylic acids is 1. The van der Waals surface area contributed by atoms with Crippen LogP contribution >= 0.6 is 0 Å². The molecule has 0 bridgehead atoms. The molecular weight excluding hydrogens is 332 g/mol. The molecule has 0 unspecified atom stereocenters. The predicted molar refractivity (Wildman–Crippen MR) is 97.3 cm³/mol. The molecule has 1 amide bonds. The Morgan fingerprint density at radius 2 is 2.23 bits per heavy atom. The number of imidazole rings is 1. The summed E-state index contributed by atoms with van der Waals surface area (Å²) < 4.78 is 9.11. The maximum atomic E-state index is 11.5. The third kappa shape index (κ3) is 4.50. The quantitative estimate of drug-likeness (QED) is 0.806. The zero-order valence-electron chi connectivity index (χ0n) is 15.8. The van der Waals surface area contributed by atoms with Gasteiger partial charge in [0.15, 0.2) is 0 Å². The van der Waals surface area contributed by atoms with E-state index >= 15 is 0 Å². The highest BCUT2D eigenvalue weighted by Crippen LogP contribution is 2.17. The van der Waals surface area contributed by atoms with E-state index in [0.29, 0.717) is 12.6 Å². The van der Waals surface area contributed by atoms with Crippen molar-refractivity contribution >= 4 is 5.91 Å². The molecule has 1 N–H and O–H groups in total. The van der Waals surface area contributed by atoms with E-state index in [2.05, 4.69) is 49.5 Å². The Bertz CT molecular complexity index is 736. The molecule has 3 heterocycles. The second-order valence-electron chi connectivity index (χ2n) is 6.97. The third-order valence-electron chi connectivity index (χ3n) is 4.56. The van der Waals surface area contributed by atoms with Crippen LogP contribution < -0.4 is 5.32 Å². The normalized spacial score (nSPS) is 15.1. The van der Waals surface area contributed by atoms with E-state index in [1.807, 2.05) is 12.4 Å². The molecule has 8 heteroatoms. The third-order valence-corrected chi connectivity index (χ3v) is 4.56. The number of nitrogens with one attached hydrogen (secondary N) is 1. The van der Waals surface area contributed by atoms with Crippen molar-refractivity contribution in [1.82, 2.24) is 29.5 Å². The molecular formula is C18H28N6O2. The molecule has 0 atom stereocenters. The van der Waals surface area contributed by atoms with Crippen LogP contribution in [0.3, 0.4) is 0 Å². The summed E-state index contributed by atoms with van der Waals surface area (Å²) in [6.45, 7) is 8.44. The first-order valence-electron chi connectivity index (χ1n) is 9.12. The first-order valence-corrected chi connectivity index (χ1v) is 9.12. The van der Waals surface area contributed by atoms with Gasteiger partial charge in [-0.05, 0) is 26.3 Å². The van der Waals surface area contributed by atoms with Crippen LogP contribution in [-0.4, -0.2) is 50.4 Å². The van der Waals surface area contributed by atoms with E-state index in [0.717, 1.165) is 44.1 Å². The lowest BCUT2D eigenvalue weighted by atomic mass is 10.3. The Hall–Kier alpha value is -2.19. The zero-order chi connectivity index (χ0) is 18.5. The molecule has 8 nitrogen and oxygen atoms in total. The highest BCUT2D eigenvalue weighted by molar-refractivity contribution is 5.77. The van der Waals surface area contributed by atoms with Crippen LogP contribution in [0.5, 0.6) is 0 Å². The summed E-state index contributed by atoms with van der Waals surface area (Å²) in [6, 6.07) is 2.49. The number of hydrogen-bond acceptors (Lipinski definition) is 5. The fourth-order valence-corrected chi connectivity index (χ4v) is 3.32. The molecule has 0 aromatic carbocycles. The summed E-state index contributed by atoms with van der Waals surface area (Å²) in [5.41, 5.74) is 2.07. The molecule has 0 saturated carbocycles. The van der Waals surface area contributed by atoms with E-state index in [1.165, 1.54) is 12.8 Å². The highest BCUT2D eigenvalue weighted by atomic mass is 16.5. The average molecular weight is 360 g/mol. The number of aromatic nitrogens is 4. The summed E-state index contributed by atoms with van der Waals surface area (Å²) in [5.74, 6) is 0.970. The fraction of sp³-hybridized carbons (Fsp3) is 0.611. The Morgan fingerprint density at radius 1 is 1.38 bits per heavy atom. The van der Waals surface area contributed by atoms with Crippen LogP contribution in [0, 0.1) is 0 Å². The molecule has 0 fully saturated rings. The molecule has 142 valence electrons. The molecule has 2 aromatic heterocycles. The van der Waals surface area contributed by atoms with Crippen LogP contribution in [0.25, 0.3) is 0 Å². The van der Waals surface area contributed by atoms with Gasteiger partial charge in [0.05, 0.1) is 24.5 Å². The summed E-state index contributed by atoms with van der Waals surface area (Å²) in [4.78, 5) is 18.5. The number of nitrogens with zero attached hydrogens (tertiary/aromatic N) is 5. The van der Waals surface area contributed by atoms with Crippen molar-refractivity contribution in [3.63, 3.8) is 0 Å². The molecule has 0 radical (unpaired) electrons. The molecule has 26 heavy (non-hydrogen) atoms. The summed E-state index contributed by atoms with van der Waals surface area (Å²) in [6.07, 6.45) is 4.97. The lowest BCUT2D eigenvalue weighted by Gasteiger charge is -2.21. The lowest BCUT2D eigenvalue weighted by molar-refractivity contribution is -0.124. The number of fused-ring (bicyclic) bond motifs is 1. The largest absolute Gasteiger partial charge is 0.375 e. The van der Waals surface area contributed by atoms with Gasteiger partial charge in [0.2, 0.25) is 5.91 Å². The van der Waals surface area contributed by atoms with Crippen molar-refractivity contribution < 1.29 is 9.53 Å². The maximum Gasteiger partial charge on any atom is 0.246 e. The first-order chi connectivity index (χ1) is 12.6. The SMILES string of the molecule is COCC(=O)NCc1cc2n(n1)CCCN(Cc1nccn1C(C)C)C2. The van der Waals surface area contributed by atoms with Gasteiger partial charge in [0.1, 0.15) is 12.4 Å². The average Bonchev–Trinajstić information content (AvgIpc) is 3.16. The summed E-state index contributed by atoms with van der Waals surface area (Å²) >= 11 is 0. The van der Waals surface area contributed by atoms with Crippen molar-refractivity contribution in [2.24, 2.45) is 0 Å². The molecule has 2 aromatic rings. The first kappa shape index (κ1) is 18.6. The van der Waals surface area contributed by atoms with E-state index in [9.17, 15) is 4.79 Å². The van der Waals surface area contributed by atoms with E-state index in [-0.39, 0.29) is 12.5 Å². The molecule has 3 rings (SSSR count). The van der Waals surface area contributed by atoms with Crippen molar-refractivity contribution in [2.45, 2.75) is 52.5 Å². The number of methoxy groups -OCH3 is 1. The number of hydrogen-bond donors (Lipinski definition) is 1. The van der Waals surface area contributed by atoms with Crippen LogP contribution in [0.4, 0.5) is 0 Å². The molecule has 1 aliphatic rings. The molecule has 0 spiro atoms. The van der Waals surface area contributed by atoms with Gasteiger partial charge in [0.25, 0.3) is 0 Å². The van der Waals surface area contributed by atoms with E-state index < -0.39 is 0 Å². The molecule has 0 aliphatic carbocycles. The van der Waals surface area contributed by atoms with Gasteiger partial charge in [-0.1, -0.05) is 0 Å². The number of rotatable bonds is 7. The minimum atomic E-state index is -0.127. The lowest BCUT2D eigenvalue weighted by Crippen LogP contribution is -2.26. The van der Waals surface area contributed by atoms with Gasteiger partial charge in [0, 0.05) is 45.2 Å². The Labute approximate surface area is 154 Å². The highest BCUT2D eigenvalue weighted by Gasteiger charge is 2.19. The predicted octanol–water partition coefficient (Wildman–Crippen LogP) is 1.33. The van der Waals surface area contributed by atoms with Crippen molar-refractivity contribution in [1.29, 1.82) is 0 Å². The Balaban J connectivity index is 1.64. The summed E-state index contributed by atoms with van der Waals surface area (Å²) in [7, 11) is 1.51. The van der Waals surface area contributed by atoms with Crippen LogP contribution in [0.2, 0.25) is 0 Å². The van der Waals surface area contributed by atoms with Crippen LogP contribution in [-0.2, 0) is 35.7 Å². The Morgan fingerprint density at radius 3 is 3.00 bits per heavy atom. The second-order valence-corrected chi connectivity index (χ2v) is 6.97. The number of carbonyl (C=O) groups is 1. The fourth-order valence-electron chi connectivity index (χ4n) is 3.32. The number of ether oxygens (including phenoxy) is 1. The minimum Gasteiger partial charge on any atom is -0.375 e. The summed E-state index contributed by atoms with van der Waals surface area (Å²) in [5, 5.41) is 7.46. The van der Waals surface area contributed by atoms with Gasteiger partial charge in [-0.15, -0.1) is 0 Å². The van der Waals surface area contributed by atoms with Gasteiger partial charge < -0.3 is 14.6 Å². The van der Waals surface area contributed by atoms with Crippen molar-refractivity contribution in [2.75, 3.05) is 20.3 Å². The number of amides is 1. The monoisotopic (exact) mass is 360 g/mol. The standard InChI is InChI=1S/C18H28N6O2/c1-14(2)23-8-5-19-17(23)12-22-6-4-7-24-16(11-22)9-15(21-24)10-20-18(25)13-26-3/h5,8-9,14H,4,6-7,10-13H2,1-3H3,(H,20,25). The zero-order valence-corrected chi connectivity index (χ0v) is 15.8. The van der Waals surface area contributed by atoms with Crippen molar-refractivity contribution in [3.8, 4) is 0 Å². The van der Waals surface area contributed by atoms with E-state index in [4.69, 9.17) is 4.74 Å². The Kier molecular flexibility index (Phi) is 6.05. The van der Waals surface area contributed by atoms with Crippen LogP contribution in [0.15, 0.2) is 18.5 Å². The minimum absolute atomic E-state index is 0.0733.